The number of hydrogen-bond donors (Lipinski definition) is 0. The first kappa shape index (κ1) is 18.3. The predicted octanol–water partition coefficient (Wildman–Crippen LogP) is 1.89. The van der Waals surface area contributed by atoms with Gasteiger partial charge in [0.1, 0.15) is 31.5 Å². The van der Waals surface area contributed by atoms with Crippen molar-refractivity contribution in [3.63, 3.8) is 0 Å². The van der Waals surface area contributed by atoms with Gasteiger partial charge in [0.25, 0.3) is 0 Å². The average Bonchev–Trinajstić information content (AvgIpc) is 2.57. The lowest BCUT2D eigenvalue weighted by molar-refractivity contribution is -0.153. The first-order valence-electron chi connectivity index (χ1n) is 6.73. The standard InChI is InChI=1S/C16H22O6/c1-18-11-21-15(16(10-17)22-12-19-2)9-6-13-4-7-14(20-3)8-5-13/h4-10,15-16H,11-12H2,1-3H3/b9-6+/t15-,16-/m0/s1. The molecule has 1 aromatic rings. The van der Waals surface area contributed by atoms with E-state index in [1.54, 1.807) is 13.2 Å². The number of ether oxygens (including phenoxy) is 5. The zero-order chi connectivity index (χ0) is 16.2. The van der Waals surface area contributed by atoms with Crippen molar-refractivity contribution >= 4 is 12.4 Å². The minimum atomic E-state index is -0.774. The molecule has 0 unspecified atom stereocenters. The van der Waals surface area contributed by atoms with Gasteiger partial charge in [0.2, 0.25) is 0 Å². The second-order valence-corrected chi connectivity index (χ2v) is 4.34. The normalized spacial score (nSPS) is 14.0. The average molecular weight is 310 g/mol. The molecule has 0 saturated heterocycles. The lowest BCUT2D eigenvalue weighted by atomic mass is 10.1. The molecule has 0 amide bonds. The molecule has 6 heteroatoms. The van der Waals surface area contributed by atoms with E-state index >= 15 is 0 Å². The summed E-state index contributed by atoms with van der Waals surface area (Å²) in [6, 6.07) is 7.50. The van der Waals surface area contributed by atoms with Crippen LogP contribution in [0.1, 0.15) is 5.56 Å². The molecule has 6 nitrogen and oxygen atoms in total. The van der Waals surface area contributed by atoms with Gasteiger partial charge in [0, 0.05) is 14.2 Å². The van der Waals surface area contributed by atoms with E-state index < -0.39 is 12.2 Å². The van der Waals surface area contributed by atoms with E-state index in [0.29, 0.717) is 6.29 Å². The number of benzene rings is 1. The molecule has 0 spiro atoms. The maximum atomic E-state index is 11.2. The van der Waals surface area contributed by atoms with E-state index in [1.165, 1.54) is 14.2 Å². The van der Waals surface area contributed by atoms with Crippen molar-refractivity contribution in [2.45, 2.75) is 12.2 Å². The number of hydrogen-bond acceptors (Lipinski definition) is 6. The van der Waals surface area contributed by atoms with Crippen LogP contribution in [0.15, 0.2) is 30.3 Å². The summed E-state index contributed by atoms with van der Waals surface area (Å²) in [7, 11) is 4.61. The van der Waals surface area contributed by atoms with Crippen LogP contribution in [0.5, 0.6) is 5.75 Å². The maximum absolute atomic E-state index is 11.2. The van der Waals surface area contributed by atoms with E-state index in [1.807, 2.05) is 30.3 Å². The summed E-state index contributed by atoms with van der Waals surface area (Å²) in [5.74, 6) is 0.776. The van der Waals surface area contributed by atoms with Crippen molar-refractivity contribution in [3.05, 3.63) is 35.9 Å². The summed E-state index contributed by atoms with van der Waals surface area (Å²) < 4.78 is 25.5. The van der Waals surface area contributed by atoms with Gasteiger partial charge < -0.3 is 28.5 Å². The monoisotopic (exact) mass is 310 g/mol. The first-order valence-corrected chi connectivity index (χ1v) is 6.73. The Morgan fingerprint density at radius 3 is 2.05 bits per heavy atom. The molecule has 2 atom stereocenters. The van der Waals surface area contributed by atoms with Gasteiger partial charge >= 0.3 is 0 Å². The van der Waals surface area contributed by atoms with Crippen LogP contribution < -0.4 is 4.74 Å². The molecule has 22 heavy (non-hydrogen) atoms. The van der Waals surface area contributed by atoms with Crippen LogP contribution in [0, 0.1) is 0 Å². The van der Waals surface area contributed by atoms with Crippen molar-refractivity contribution in [2.24, 2.45) is 0 Å². The highest BCUT2D eigenvalue weighted by Gasteiger charge is 2.20. The zero-order valence-corrected chi connectivity index (χ0v) is 13.1. The van der Waals surface area contributed by atoms with Gasteiger partial charge in [-0.05, 0) is 17.7 Å². The molecule has 0 aliphatic rings. The molecule has 0 bridgehead atoms. The van der Waals surface area contributed by atoms with Crippen molar-refractivity contribution in [1.82, 2.24) is 0 Å². The predicted molar refractivity (Wildman–Crippen MR) is 81.6 cm³/mol. The van der Waals surface area contributed by atoms with Gasteiger partial charge in [0.05, 0.1) is 7.11 Å². The molecule has 1 rings (SSSR count). The number of carbonyl (C=O) groups is 1. The molecule has 0 saturated carbocycles. The molecule has 0 N–H and O–H groups in total. The Balaban J connectivity index is 2.76. The summed E-state index contributed by atoms with van der Waals surface area (Å²) in [5, 5.41) is 0. The van der Waals surface area contributed by atoms with Crippen molar-refractivity contribution < 1.29 is 28.5 Å². The third-order valence-corrected chi connectivity index (χ3v) is 2.81. The highest BCUT2D eigenvalue weighted by Crippen LogP contribution is 2.14. The second kappa shape index (κ2) is 10.9. The first-order chi connectivity index (χ1) is 10.7. The lowest BCUT2D eigenvalue weighted by Crippen LogP contribution is -2.32. The minimum absolute atomic E-state index is 0.00657. The molecule has 0 aromatic heterocycles. The summed E-state index contributed by atoms with van der Waals surface area (Å²) in [5.41, 5.74) is 0.947. The van der Waals surface area contributed by atoms with Crippen LogP contribution in [0.3, 0.4) is 0 Å². The molecule has 0 heterocycles. The third kappa shape index (κ3) is 6.36. The number of rotatable bonds is 11. The second-order valence-electron chi connectivity index (χ2n) is 4.34. The van der Waals surface area contributed by atoms with E-state index in [4.69, 9.17) is 23.7 Å². The largest absolute Gasteiger partial charge is 0.497 e. The van der Waals surface area contributed by atoms with Gasteiger partial charge in [-0.2, -0.15) is 0 Å². The van der Waals surface area contributed by atoms with Crippen molar-refractivity contribution in [1.29, 1.82) is 0 Å². The Kier molecular flexibility index (Phi) is 9.09. The summed E-state index contributed by atoms with van der Waals surface area (Å²) in [6.45, 7) is 0.0604. The van der Waals surface area contributed by atoms with Crippen LogP contribution >= 0.6 is 0 Å². The molecule has 0 aliphatic heterocycles. The van der Waals surface area contributed by atoms with E-state index in [2.05, 4.69) is 0 Å². The molecule has 122 valence electrons. The zero-order valence-electron chi connectivity index (χ0n) is 13.1. The maximum Gasteiger partial charge on any atom is 0.151 e. The van der Waals surface area contributed by atoms with Gasteiger partial charge in [-0.25, -0.2) is 0 Å². The smallest absolute Gasteiger partial charge is 0.151 e. The molecular weight excluding hydrogens is 288 g/mol. The fraction of sp³-hybridized carbons (Fsp3) is 0.438. The van der Waals surface area contributed by atoms with E-state index in [0.717, 1.165) is 11.3 Å². The van der Waals surface area contributed by atoms with Gasteiger partial charge in [0.15, 0.2) is 6.29 Å². The summed E-state index contributed by atoms with van der Waals surface area (Å²) >= 11 is 0. The Hall–Kier alpha value is -1.73. The van der Waals surface area contributed by atoms with Crippen LogP contribution in [0.2, 0.25) is 0 Å². The highest BCUT2D eigenvalue weighted by atomic mass is 16.7. The number of methoxy groups -OCH3 is 3. The lowest BCUT2D eigenvalue weighted by Gasteiger charge is -2.20. The number of aldehydes is 1. The summed E-state index contributed by atoms with van der Waals surface area (Å²) in [6.07, 6.45) is 2.92. The highest BCUT2D eigenvalue weighted by molar-refractivity contribution is 5.59. The molecule has 0 aliphatic carbocycles. The van der Waals surface area contributed by atoms with Crippen molar-refractivity contribution in [2.75, 3.05) is 34.9 Å². The van der Waals surface area contributed by atoms with Gasteiger partial charge in [-0.3, -0.25) is 0 Å². The molecule has 0 fully saturated rings. The molecule has 1 aromatic carbocycles. The number of carbonyl (C=O) groups excluding carboxylic acids is 1. The quantitative estimate of drug-likeness (QED) is 0.459. The fourth-order valence-electron chi connectivity index (χ4n) is 1.69. The Bertz CT molecular complexity index is 442. The third-order valence-electron chi connectivity index (χ3n) is 2.81. The topological polar surface area (TPSA) is 63.2 Å². The van der Waals surface area contributed by atoms with Crippen LogP contribution in [-0.2, 0) is 23.7 Å². The van der Waals surface area contributed by atoms with Gasteiger partial charge in [-0.15, -0.1) is 0 Å². The Morgan fingerprint density at radius 2 is 1.55 bits per heavy atom. The van der Waals surface area contributed by atoms with Crippen LogP contribution in [-0.4, -0.2) is 53.4 Å². The van der Waals surface area contributed by atoms with Crippen LogP contribution in [0.4, 0.5) is 0 Å². The Labute approximate surface area is 130 Å². The molecule has 0 radical (unpaired) electrons. The fourth-order valence-corrected chi connectivity index (χ4v) is 1.69. The Morgan fingerprint density at radius 1 is 0.955 bits per heavy atom. The van der Waals surface area contributed by atoms with Crippen LogP contribution in [0.25, 0.3) is 6.08 Å². The van der Waals surface area contributed by atoms with E-state index in [9.17, 15) is 4.79 Å². The van der Waals surface area contributed by atoms with E-state index in [-0.39, 0.29) is 13.6 Å². The molecular formula is C16H22O6. The SMILES string of the molecule is COCO[C@@H](C=O)[C@H](/C=C/c1ccc(OC)cc1)OCOC. The van der Waals surface area contributed by atoms with Crippen molar-refractivity contribution in [3.8, 4) is 5.75 Å². The van der Waals surface area contributed by atoms with Gasteiger partial charge in [-0.1, -0.05) is 24.3 Å². The minimum Gasteiger partial charge on any atom is -0.497 e. The summed E-state index contributed by atoms with van der Waals surface area (Å²) in [4.78, 5) is 11.2.